The van der Waals surface area contributed by atoms with Gasteiger partial charge in [-0.25, -0.2) is 4.98 Å². The van der Waals surface area contributed by atoms with Crippen LogP contribution < -0.4 is 0 Å². The molecule has 0 fully saturated rings. The summed E-state index contributed by atoms with van der Waals surface area (Å²) >= 11 is 0. The lowest BCUT2D eigenvalue weighted by atomic mass is 10.0. The monoisotopic (exact) mass is 370 g/mol. The molecule has 0 N–H and O–H groups in total. The third-order valence-electron chi connectivity index (χ3n) is 5.09. The molecule has 2 aromatic heterocycles. The van der Waals surface area contributed by atoms with Crippen molar-refractivity contribution in [3.63, 3.8) is 0 Å². The summed E-state index contributed by atoms with van der Waals surface area (Å²) in [6.07, 6.45) is 0. The van der Waals surface area contributed by atoms with Gasteiger partial charge in [-0.2, -0.15) is 10.5 Å². The molecule has 0 saturated carbocycles. The zero-order valence-electron chi connectivity index (χ0n) is 15.4. The van der Waals surface area contributed by atoms with Gasteiger partial charge in [0, 0.05) is 16.3 Å². The molecule has 0 bridgehead atoms. The van der Waals surface area contributed by atoms with E-state index >= 15 is 0 Å². The molecule has 0 amide bonds. The number of nitriles is 2. The number of para-hydroxylation sites is 3. The minimum Gasteiger partial charge on any atom is -0.309 e. The van der Waals surface area contributed by atoms with Crippen molar-refractivity contribution in [2.75, 3.05) is 0 Å². The molecule has 4 heteroatoms. The van der Waals surface area contributed by atoms with Gasteiger partial charge < -0.3 is 4.57 Å². The Hall–Kier alpha value is -4.41. The lowest BCUT2D eigenvalue weighted by molar-refractivity contribution is 1.17. The minimum absolute atomic E-state index is 0.232. The zero-order chi connectivity index (χ0) is 19.8. The second kappa shape index (κ2) is 6.64. The molecule has 29 heavy (non-hydrogen) atoms. The number of pyridine rings is 1. The molecule has 3 aromatic carbocycles. The number of benzene rings is 3. The van der Waals surface area contributed by atoms with Crippen LogP contribution in [-0.4, -0.2) is 9.55 Å². The largest absolute Gasteiger partial charge is 0.309 e. The Morgan fingerprint density at radius 1 is 0.655 bits per heavy atom. The Labute approximate surface area is 167 Å². The molecule has 4 nitrogen and oxygen atoms in total. The van der Waals surface area contributed by atoms with Gasteiger partial charge >= 0.3 is 0 Å². The van der Waals surface area contributed by atoms with E-state index in [1.165, 1.54) is 10.8 Å². The van der Waals surface area contributed by atoms with Crippen molar-refractivity contribution in [3.8, 4) is 29.0 Å². The van der Waals surface area contributed by atoms with Gasteiger partial charge in [0.05, 0.1) is 16.7 Å². The standard InChI is InChI=1S/C25H14N4/c26-15-18-13-17(14-19(16-27)28-18)20-7-1-4-10-23(20)29-24-11-5-2-8-21(24)22-9-3-6-12-25(22)29/h1-14H. The Morgan fingerprint density at radius 3 is 1.76 bits per heavy atom. The predicted molar refractivity (Wildman–Crippen MR) is 113 cm³/mol. The fourth-order valence-corrected chi connectivity index (χ4v) is 3.90. The Balaban J connectivity index is 1.88. The van der Waals surface area contributed by atoms with Gasteiger partial charge in [-0.05, 0) is 35.9 Å². The summed E-state index contributed by atoms with van der Waals surface area (Å²) in [5.41, 5.74) is 5.41. The highest BCUT2D eigenvalue weighted by Crippen LogP contribution is 2.36. The van der Waals surface area contributed by atoms with Crippen LogP contribution in [-0.2, 0) is 0 Å². The normalized spacial score (nSPS) is 10.7. The van der Waals surface area contributed by atoms with Crippen LogP contribution in [0.1, 0.15) is 11.4 Å². The fraction of sp³-hybridized carbons (Fsp3) is 0. The summed E-state index contributed by atoms with van der Waals surface area (Å²) in [4.78, 5) is 4.06. The van der Waals surface area contributed by atoms with E-state index in [-0.39, 0.29) is 11.4 Å². The molecule has 2 heterocycles. The van der Waals surface area contributed by atoms with Crippen LogP contribution in [0.4, 0.5) is 0 Å². The van der Waals surface area contributed by atoms with Crippen LogP contribution in [0.2, 0.25) is 0 Å². The number of rotatable bonds is 2. The molecule has 5 aromatic rings. The lowest BCUT2D eigenvalue weighted by Gasteiger charge is -2.14. The molecular weight excluding hydrogens is 356 g/mol. The first-order valence-corrected chi connectivity index (χ1v) is 9.20. The SMILES string of the molecule is N#Cc1cc(-c2ccccc2-n2c3ccccc3c3ccccc32)cc(C#N)n1. The van der Waals surface area contributed by atoms with Crippen molar-refractivity contribution in [1.82, 2.24) is 9.55 Å². The van der Waals surface area contributed by atoms with Gasteiger partial charge in [0.15, 0.2) is 0 Å². The molecule has 0 aliphatic rings. The van der Waals surface area contributed by atoms with E-state index in [0.29, 0.717) is 0 Å². The second-order valence-electron chi connectivity index (χ2n) is 6.74. The quantitative estimate of drug-likeness (QED) is 0.407. The van der Waals surface area contributed by atoms with E-state index in [2.05, 4.69) is 52.0 Å². The third kappa shape index (κ3) is 2.64. The molecule has 0 atom stereocenters. The van der Waals surface area contributed by atoms with Gasteiger partial charge in [-0.3, -0.25) is 0 Å². The summed E-state index contributed by atoms with van der Waals surface area (Å²) in [6, 6.07) is 32.3. The maximum atomic E-state index is 9.34. The smallest absolute Gasteiger partial charge is 0.142 e. The molecule has 0 unspecified atom stereocenters. The van der Waals surface area contributed by atoms with Crippen molar-refractivity contribution in [3.05, 3.63) is 96.3 Å². The van der Waals surface area contributed by atoms with Gasteiger partial charge in [0.25, 0.3) is 0 Å². The highest BCUT2D eigenvalue weighted by Gasteiger charge is 2.15. The van der Waals surface area contributed by atoms with Crippen molar-refractivity contribution in [1.29, 1.82) is 10.5 Å². The van der Waals surface area contributed by atoms with Gasteiger partial charge in [-0.15, -0.1) is 0 Å². The van der Waals surface area contributed by atoms with E-state index in [1.807, 2.05) is 42.5 Å². The molecule has 0 aliphatic heterocycles. The average Bonchev–Trinajstić information content (AvgIpc) is 3.13. The maximum absolute atomic E-state index is 9.34. The van der Waals surface area contributed by atoms with E-state index < -0.39 is 0 Å². The van der Waals surface area contributed by atoms with E-state index in [9.17, 15) is 10.5 Å². The molecular formula is C25H14N4. The van der Waals surface area contributed by atoms with Gasteiger partial charge in [0.1, 0.15) is 23.5 Å². The van der Waals surface area contributed by atoms with Crippen LogP contribution in [0.15, 0.2) is 84.9 Å². The molecule has 0 radical (unpaired) electrons. The van der Waals surface area contributed by atoms with Crippen LogP contribution in [0.25, 0.3) is 38.6 Å². The number of aromatic nitrogens is 2. The maximum Gasteiger partial charge on any atom is 0.142 e. The summed E-state index contributed by atoms with van der Waals surface area (Å²) < 4.78 is 2.23. The fourth-order valence-electron chi connectivity index (χ4n) is 3.90. The second-order valence-corrected chi connectivity index (χ2v) is 6.74. The topological polar surface area (TPSA) is 65.4 Å². The molecule has 0 aliphatic carbocycles. The minimum atomic E-state index is 0.232. The van der Waals surface area contributed by atoms with Crippen molar-refractivity contribution in [2.45, 2.75) is 0 Å². The van der Waals surface area contributed by atoms with Crippen LogP contribution >= 0.6 is 0 Å². The summed E-state index contributed by atoms with van der Waals surface area (Å²) in [6.45, 7) is 0. The predicted octanol–water partition coefficient (Wildman–Crippen LogP) is 5.59. The number of hydrogen-bond acceptors (Lipinski definition) is 3. The number of fused-ring (bicyclic) bond motifs is 3. The number of hydrogen-bond donors (Lipinski definition) is 0. The van der Waals surface area contributed by atoms with Crippen LogP contribution in [0.5, 0.6) is 0 Å². The van der Waals surface area contributed by atoms with E-state index in [1.54, 1.807) is 12.1 Å². The summed E-state index contributed by atoms with van der Waals surface area (Å²) in [5.74, 6) is 0. The highest BCUT2D eigenvalue weighted by atomic mass is 15.0. The van der Waals surface area contributed by atoms with Crippen molar-refractivity contribution >= 4 is 21.8 Å². The Morgan fingerprint density at radius 2 is 1.17 bits per heavy atom. The van der Waals surface area contributed by atoms with E-state index in [4.69, 9.17) is 0 Å². The van der Waals surface area contributed by atoms with E-state index in [0.717, 1.165) is 27.8 Å². The first-order chi connectivity index (χ1) is 14.3. The van der Waals surface area contributed by atoms with Gasteiger partial charge in [0.2, 0.25) is 0 Å². The third-order valence-corrected chi connectivity index (χ3v) is 5.09. The van der Waals surface area contributed by atoms with Crippen LogP contribution in [0.3, 0.4) is 0 Å². The van der Waals surface area contributed by atoms with Gasteiger partial charge in [-0.1, -0.05) is 54.6 Å². The highest BCUT2D eigenvalue weighted by molar-refractivity contribution is 6.09. The van der Waals surface area contributed by atoms with Crippen molar-refractivity contribution in [2.24, 2.45) is 0 Å². The molecule has 0 spiro atoms. The zero-order valence-corrected chi connectivity index (χ0v) is 15.4. The van der Waals surface area contributed by atoms with Crippen molar-refractivity contribution < 1.29 is 0 Å². The summed E-state index contributed by atoms with van der Waals surface area (Å²) in [7, 11) is 0. The first-order valence-electron chi connectivity index (χ1n) is 9.20. The number of nitrogens with zero attached hydrogens (tertiary/aromatic N) is 4. The Bertz CT molecular complexity index is 1390. The lowest BCUT2D eigenvalue weighted by Crippen LogP contribution is -1.98. The molecule has 134 valence electrons. The first kappa shape index (κ1) is 16.7. The average molecular weight is 370 g/mol. The van der Waals surface area contributed by atoms with Crippen LogP contribution in [0, 0.1) is 22.7 Å². The Kier molecular flexibility index (Phi) is 3.83. The summed E-state index contributed by atoms with van der Waals surface area (Å²) in [5, 5.41) is 21.0. The molecule has 0 saturated heterocycles. The molecule has 5 rings (SSSR count).